The number of hydrogen-bond donors (Lipinski definition) is 1. The summed E-state index contributed by atoms with van der Waals surface area (Å²) < 4.78 is 13.6. The lowest BCUT2D eigenvalue weighted by atomic mass is 10.1. The van der Waals surface area contributed by atoms with Crippen molar-refractivity contribution in [3.8, 4) is 0 Å². The molecule has 1 N–H and O–H groups in total. The Kier molecular flexibility index (Phi) is 6.16. The fourth-order valence-electron chi connectivity index (χ4n) is 1.88. The highest BCUT2D eigenvalue weighted by atomic mass is 19.1. The summed E-state index contributed by atoms with van der Waals surface area (Å²) in [4.78, 5) is 2.19. The molecule has 0 amide bonds. The standard InChI is InChI=1S/C14H23FN2/c1-4-16-10-7-11-17(3)12(2)13-8-5-6-9-14(13)15/h5-6,8-9,12,16H,4,7,10-11H2,1-3H3. The van der Waals surface area contributed by atoms with Crippen molar-refractivity contribution in [1.82, 2.24) is 10.2 Å². The van der Waals surface area contributed by atoms with Crippen LogP contribution in [0.3, 0.4) is 0 Å². The second kappa shape index (κ2) is 7.41. The van der Waals surface area contributed by atoms with E-state index in [0.29, 0.717) is 0 Å². The first-order valence-electron chi connectivity index (χ1n) is 6.32. The summed E-state index contributed by atoms with van der Waals surface area (Å²) in [5.74, 6) is -0.112. The van der Waals surface area contributed by atoms with E-state index in [1.165, 1.54) is 6.07 Å². The minimum Gasteiger partial charge on any atom is -0.317 e. The summed E-state index contributed by atoms with van der Waals surface area (Å²) in [6.07, 6.45) is 1.09. The molecule has 0 bridgehead atoms. The topological polar surface area (TPSA) is 15.3 Å². The molecule has 0 radical (unpaired) electrons. The van der Waals surface area contributed by atoms with Gasteiger partial charge in [0.05, 0.1) is 0 Å². The Morgan fingerprint density at radius 3 is 2.71 bits per heavy atom. The molecule has 1 aromatic carbocycles. The summed E-state index contributed by atoms with van der Waals surface area (Å²) in [6.45, 7) is 7.15. The summed E-state index contributed by atoms with van der Waals surface area (Å²) in [7, 11) is 2.04. The Labute approximate surface area is 104 Å². The molecule has 1 unspecified atom stereocenters. The number of nitrogens with one attached hydrogen (secondary N) is 1. The fourth-order valence-corrected chi connectivity index (χ4v) is 1.88. The molecule has 1 aromatic rings. The van der Waals surface area contributed by atoms with Crippen LogP contribution in [-0.4, -0.2) is 31.6 Å². The van der Waals surface area contributed by atoms with Crippen LogP contribution in [0.1, 0.15) is 31.9 Å². The second-order valence-corrected chi connectivity index (χ2v) is 4.39. The van der Waals surface area contributed by atoms with E-state index in [9.17, 15) is 4.39 Å². The Morgan fingerprint density at radius 1 is 1.35 bits per heavy atom. The van der Waals surface area contributed by atoms with Crippen molar-refractivity contribution in [1.29, 1.82) is 0 Å². The van der Waals surface area contributed by atoms with Crippen LogP contribution in [0.25, 0.3) is 0 Å². The maximum Gasteiger partial charge on any atom is 0.127 e. The average Bonchev–Trinajstić information content (AvgIpc) is 2.34. The molecule has 0 fully saturated rings. The van der Waals surface area contributed by atoms with Gasteiger partial charge in [0.2, 0.25) is 0 Å². The minimum absolute atomic E-state index is 0.112. The number of benzene rings is 1. The van der Waals surface area contributed by atoms with Crippen LogP contribution >= 0.6 is 0 Å². The average molecular weight is 238 g/mol. The molecule has 2 nitrogen and oxygen atoms in total. The van der Waals surface area contributed by atoms with E-state index in [0.717, 1.165) is 31.6 Å². The van der Waals surface area contributed by atoms with E-state index in [2.05, 4.69) is 17.1 Å². The third-order valence-corrected chi connectivity index (χ3v) is 3.13. The number of nitrogens with zero attached hydrogens (tertiary/aromatic N) is 1. The van der Waals surface area contributed by atoms with Gasteiger partial charge in [-0.3, -0.25) is 4.90 Å². The predicted octanol–water partition coefficient (Wildman–Crippen LogP) is 2.82. The molecule has 96 valence electrons. The van der Waals surface area contributed by atoms with Crippen LogP contribution in [0.4, 0.5) is 4.39 Å². The highest BCUT2D eigenvalue weighted by Gasteiger charge is 2.14. The Bertz CT molecular complexity index is 328. The van der Waals surface area contributed by atoms with Crippen molar-refractivity contribution in [2.45, 2.75) is 26.3 Å². The second-order valence-electron chi connectivity index (χ2n) is 4.39. The van der Waals surface area contributed by atoms with Gasteiger partial charge in [-0.25, -0.2) is 4.39 Å². The normalized spacial score (nSPS) is 13.0. The molecule has 0 aromatic heterocycles. The largest absolute Gasteiger partial charge is 0.317 e. The molecule has 1 atom stereocenters. The molecular formula is C14H23FN2. The van der Waals surface area contributed by atoms with Crippen LogP contribution in [0, 0.1) is 5.82 Å². The lowest BCUT2D eigenvalue weighted by Gasteiger charge is -2.25. The SMILES string of the molecule is CCNCCCN(C)C(C)c1ccccc1F. The maximum absolute atomic E-state index is 13.6. The van der Waals surface area contributed by atoms with Gasteiger partial charge in [-0.2, -0.15) is 0 Å². The van der Waals surface area contributed by atoms with Crippen molar-refractivity contribution >= 4 is 0 Å². The minimum atomic E-state index is -0.112. The zero-order valence-corrected chi connectivity index (χ0v) is 11.0. The van der Waals surface area contributed by atoms with Crippen molar-refractivity contribution in [3.63, 3.8) is 0 Å². The first-order valence-corrected chi connectivity index (χ1v) is 6.32. The van der Waals surface area contributed by atoms with Gasteiger partial charge in [-0.05, 0) is 46.1 Å². The lowest BCUT2D eigenvalue weighted by Crippen LogP contribution is -2.27. The molecule has 0 aliphatic carbocycles. The van der Waals surface area contributed by atoms with Crippen LogP contribution in [0.15, 0.2) is 24.3 Å². The molecule has 0 aliphatic rings. The number of halogens is 1. The molecule has 0 aliphatic heterocycles. The van der Waals surface area contributed by atoms with Gasteiger partial charge in [0.1, 0.15) is 5.82 Å². The summed E-state index contributed by atoms with van der Waals surface area (Å²) in [5.41, 5.74) is 0.776. The quantitative estimate of drug-likeness (QED) is 0.735. The van der Waals surface area contributed by atoms with Gasteiger partial charge in [0, 0.05) is 11.6 Å². The Hall–Kier alpha value is -0.930. The Balaban J connectivity index is 2.46. The van der Waals surface area contributed by atoms with E-state index < -0.39 is 0 Å². The zero-order valence-electron chi connectivity index (χ0n) is 11.0. The van der Waals surface area contributed by atoms with Gasteiger partial charge >= 0.3 is 0 Å². The van der Waals surface area contributed by atoms with Crippen LogP contribution in [0.5, 0.6) is 0 Å². The molecule has 0 saturated heterocycles. The van der Waals surface area contributed by atoms with E-state index in [4.69, 9.17) is 0 Å². The van der Waals surface area contributed by atoms with Gasteiger partial charge < -0.3 is 5.32 Å². The van der Waals surface area contributed by atoms with Crippen molar-refractivity contribution in [3.05, 3.63) is 35.6 Å². The molecule has 0 spiro atoms. The van der Waals surface area contributed by atoms with Crippen molar-refractivity contribution in [2.24, 2.45) is 0 Å². The molecule has 1 rings (SSSR count). The number of rotatable bonds is 7. The third kappa shape index (κ3) is 4.44. The van der Waals surface area contributed by atoms with Crippen molar-refractivity contribution < 1.29 is 4.39 Å². The Morgan fingerprint density at radius 2 is 2.06 bits per heavy atom. The van der Waals surface area contributed by atoms with Gasteiger partial charge in [0.15, 0.2) is 0 Å². The van der Waals surface area contributed by atoms with Gasteiger partial charge in [0.25, 0.3) is 0 Å². The van der Waals surface area contributed by atoms with E-state index in [1.54, 1.807) is 6.07 Å². The van der Waals surface area contributed by atoms with E-state index in [-0.39, 0.29) is 11.9 Å². The smallest absolute Gasteiger partial charge is 0.127 e. The monoisotopic (exact) mass is 238 g/mol. The zero-order chi connectivity index (χ0) is 12.7. The lowest BCUT2D eigenvalue weighted by molar-refractivity contribution is 0.252. The predicted molar refractivity (Wildman–Crippen MR) is 70.6 cm³/mol. The van der Waals surface area contributed by atoms with Gasteiger partial charge in [-0.15, -0.1) is 0 Å². The summed E-state index contributed by atoms with van der Waals surface area (Å²) in [6, 6.07) is 7.13. The molecular weight excluding hydrogens is 215 g/mol. The molecule has 0 saturated carbocycles. The fraction of sp³-hybridized carbons (Fsp3) is 0.571. The highest BCUT2D eigenvalue weighted by molar-refractivity contribution is 5.20. The van der Waals surface area contributed by atoms with Crippen molar-refractivity contribution in [2.75, 3.05) is 26.7 Å². The first-order chi connectivity index (χ1) is 8.16. The van der Waals surface area contributed by atoms with Gasteiger partial charge in [-0.1, -0.05) is 25.1 Å². The third-order valence-electron chi connectivity index (χ3n) is 3.13. The van der Waals surface area contributed by atoms with Crippen LogP contribution in [-0.2, 0) is 0 Å². The molecule has 0 heterocycles. The molecule has 17 heavy (non-hydrogen) atoms. The van der Waals surface area contributed by atoms with E-state index >= 15 is 0 Å². The highest BCUT2D eigenvalue weighted by Crippen LogP contribution is 2.21. The first kappa shape index (κ1) is 14.1. The number of hydrogen-bond acceptors (Lipinski definition) is 2. The summed E-state index contributed by atoms with van der Waals surface area (Å²) >= 11 is 0. The summed E-state index contributed by atoms with van der Waals surface area (Å²) in [5, 5.41) is 3.29. The van der Waals surface area contributed by atoms with Crippen LogP contribution in [0.2, 0.25) is 0 Å². The maximum atomic E-state index is 13.6. The van der Waals surface area contributed by atoms with E-state index in [1.807, 2.05) is 26.1 Å². The molecule has 3 heteroatoms. The van der Waals surface area contributed by atoms with Crippen LogP contribution < -0.4 is 5.32 Å².